The van der Waals surface area contributed by atoms with Crippen LogP contribution >= 0.6 is 11.8 Å². The molecule has 0 amide bonds. The summed E-state index contributed by atoms with van der Waals surface area (Å²) < 4.78 is 7.00. The molecule has 7 nitrogen and oxygen atoms in total. The maximum atomic E-state index is 12.2. The number of nitrogens with zero attached hydrogens (tertiary/aromatic N) is 4. The number of hydrogen-bond donors (Lipinski definition) is 1. The van der Waals surface area contributed by atoms with Crippen molar-refractivity contribution >= 4 is 22.7 Å². The second-order valence-corrected chi connectivity index (χ2v) is 6.34. The number of thioether (sulfide) groups is 1. The highest BCUT2D eigenvalue weighted by Gasteiger charge is 2.15. The van der Waals surface area contributed by atoms with Crippen LogP contribution in [-0.2, 0) is 11.3 Å². The summed E-state index contributed by atoms with van der Waals surface area (Å²) in [5.74, 6) is 0.625. The Labute approximate surface area is 137 Å². The van der Waals surface area contributed by atoms with E-state index in [2.05, 4.69) is 20.2 Å². The highest BCUT2D eigenvalue weighted by Crippen LogP contribution is 2.31. The first-order valence-electron chi connectivity index (χ1n) is 7.21. The van der Waals surface area contributed by atoms with E-state index in [1.807, 2.05) is 29.7 Å². The van der Waals surface area contributed by atoms with Gasteiger partial charge in [0.15, 0.2) is 5.16 Å². The lowest BCUT2D eigenvalue weighted by molar-refractivity contribution is 0.184. The van der Waals surface area contributed by atoms with Crippen molar-refractivity contribution < 1.29 is 4.74 Å². The van der Waals surface area contributed by atoms with Crippen molar-refractivity contribution in [3.8, 4) is 0 Å². The number of nitrogens with one attached hydrogen (secondary N) is 1. The van der Waals surface area contributed by atoms with Crippen LogP contribution in [0.2, 0.25) is 0 Å². The van der Waals surface area contributed by atoms with Gasteiger partial charge in [0.2, 0.25) is 0 Å². The van der Waals surface area contributed by atoms with Crippen LogP contribution in [0, 0.1) is 0 Å². The summed E-state index contributed by atoms with van der Waals surface area (Å²) in [7, 11) is 1.66. The maximum absolute atomic E-state index is 12.2. The number of para-hydroxylation sites is 1. The zero-order chi connectivity index (χ0) is 16.2. The Morgan fingerprint density at radius 3 is 3.04 bits per heavy atom. The standard InChI is InChI=1S/C15H17N5O2S/c1-10(23-15-19-16-9-20(15)7-8-22-2)13-17-12-6-4-3-5-11(12)14(21)18-13/h3-6,9-10H,7-8H2,1-2H3,(H,17,18,21)/t10-/m0/s1. The fraction of sp³-hybridized carbons (Fsp3) is 0.333. The zero-order valence-corrected chi connectivity index (χ0v) is 13.7. The third-order valence-corrected chi connectivity index (χ3v) is 4.52. The fourth-order valence-corrected chi connectivity index (χ4v) is 3.10. The van der Waals surface area contributed by atoms with E-state index in [4.69, 9.17) is 4.74 Å². The van der Waals surface area contributed by atoms with Gasteiger partial charge in [-0.1, -0.05) is 23.9 Å². The van der Waals surface area contributed by atoms with Crippen LogP contribution in [0.5, 0.6) is 0 Å². The van der Waals surface area contributed by atoms with E-state index in [1.54, 1.807) is 19.5 Å². The van der Waals surface area contributed by atoms with Gasteiger partial charge < -0.3 is 14.3 Å². The molecular weight excluding hydrogens is 314 g/mol. The Kier molecular flexibility index (Phi) is 4.73. The quantitative estimate of drug-likeness (QED) is 0.696. The second kappa shape index (κ2) is 6.93. The summed E-state index contributed by atoms with van der Waals surface area (Å²) in [6.45, 7) is 3.25. The molecule has 0 aliphatic rings. The van der Waals surface area contributed by atoms with Gasteiger partial charge in [-0.15, -0.1) is 10.2 Å². The predicted molar refractivity (Wildman–Crippen MR) is 88.5 cm³/mol. The molecule has 0 aliphatic heterocycles. The summed E-state index contributed by atoms with van der Waals surface area (Å²) in [4.78, 5) is 19.6. The van der Waals surface area contributed by atoms with Crippen LogP contribution in [0.3, 0.4) is 0 Å². The van der Waals surface area contributed by atoms with Crippen molar-refractivity contribution in [3.63, 3.8) is 0 Å². The van der Waals surface area contributed by atoms with E-state index in [9.17, 15) is 4.79 Å². The van der Waals surface area contributed by atoms with Crippen molar-refractivity contribution in [2.24, 2.45) is 0 Å². The third-order valence-electron chi connectivity index (χ3n) is 3.41. The highest BCUT2D eigenvalue weighted by molar-refractivity contribution is 7.99. The summed E-state index contributed by atoms with van der Waals surface area (Å²) in [6, 6.07) is 7.31. The van der Waals surface area contributed by atoms with Crippen LogP contribution in [0.4, 0.5) is 0 Å². The van der Waals surface area contributed by atoms with E-state index >= 15 is 0 Å². The largest absolute Gasteiger partial charge is 0.383 e. The summed E-state index contributed by atoms with van der Waals surface area (Å²) >= 11 is 1.50. The average Bonchev–Trinajstić information content (AvgIpc) is 3.00. The van der Waals surface area contributed by atoms with E-state index in [0.29, 0.717) is 29.9 Å². The Hall–Kier alpha value is -2.19. The minimum atomic E-state index is -0.126. The zero-order valence-electron chi connectivity index (χ0n) is 12.9. The monoisotopic (exact) mass is 331 g/mol. The summed E-state index contributed by atoms with van der Waals surface area (Å²) in [5.41, 5.74) is 0.568. The molecule has 2 aromatic heterocycles. The van der Waals surface area contributed by atoms with Gasteiger partial charge in [-0.05, 0) is 19.1 Å². The molecule has 120 valence electrons. The number of aromatic nitrogens is 5. The number of aromatic amines is 1. The number of hydrogen-bond acceptors (Lipinski definition) is 6. The molecular formula is C15H17N5O2S. The van der Waals surface area contributed by atoms with Crippen molar-refractivity contribution in [2.75, 3.05) is 13.7 Å². The lowest BCUT2D eigenvalue weighted by Gasteiger charge is -2.11. The second-order valence-electron chi connectivity index (χ2n) is 5.03. The molecule has 1 N–H and O–H groups in total. The van der Waals surface area contributed by atoms with Crippen molar-refractivity contribution in [1.82, 2.24) is 24.7 Å². The molecule has 0 saturated heterocycles. The SMILES string of the molecule is COCCn1cnnc1S[C@@H](C)c1nc2ccccc2c(=O)[nH]1. The van der Waals surface area contributed by atoms with Gasteiger partial charge in [-0.3, -0.25) is 4.79 Å². The number of ether oxygens (including phenoxy) is 1. The predicted octanol–water partition coefficient (Wildman–Crippen LogP) is 2.01. The first-order chi connectivity index (χ1) is 11.2. The average molecular weight is 331 g/mol. The Balaban J connectivity index is 1.85. The number of methoxy groups -OCH3 is 1. The molecule has 0 radical (unpaired) electrons. The topological polar surface area (TPSA) is 85.7 Å². The molecule has 0 saturated carbocycles. The smallest absolute Gasteiger partial charge is 0.258 e. The normalized spacial score (nSPS) is 12.6. The highest BCUT2D eigenvalue weighted by atomic mass is 32.2. The molecule has 0 fully saturated rings. The van der Waals surface area contributed by atoms with Gasteiger partial charge in [0.05, 0.1) is 22.8 Å². The van der Waals surface area contributed by atoms with Crippen LogP contribution in [-0.4, -0.2) is 38.4 Å². The van der Waals surface area contributed by atoms with Crippen molar-refractivity contribution in [1.29, 1.82) is 0 Å². The Morgan fingerprint density at radius 1 is 1.39 bits per heavy atom. The molecule has 0 bridgehead atoms. The van der Waals surface area contributed by atoms with Crippen LogP contribution < -0.4 is 5.56 Å². The molecule has 0 unspecified atom stereocenters. The molecule has 1 aromatic carbocycles. The number of H-pyrrole nitrogens is 1. The van der Waals surface area contributed by atoms with Gasteiger partial charge in [-0.2, -0.15) is 0 Å². The van der Waals surface area contributed by atoms with Gasteiger partial charge in [0.1, 0.15) is 12.2 Å². The van der Waals surface area contributed by atoms with E-state index < -0.39 is 0 Å². The van der Waals surface area contributed by atoms with Gasteiger partial charge in [0.25, 0.3) is 5.56 Å². The molecule has 3 aromatic rings. The third kappa shape index (κ3) is 3.43. The molecule has 8 heteroatoms. The van der Waals surface area contributed by atoms with Crippen LogP contribution in [0.15, 0.2) is 40.5 Å². The van der Waals surface area contributed by atoms with E-state index in [1.165, 1.54) is 11.8 Å². The van der Waals surface area contributed by atoms with Crippen LogP contribution in [0.25, 0.3) is 10.9 Å². The Bertz CT molecular complexity index is 860. The fourth-order valence-electron chi connectivity index (χ4n) is 2.19. The van der Waals surface area contributed by atoms with Gasteiger partial charge in [-0.25, -0.2) is 4.98 Å². The van der Waals surface area contributed by atoms with Gasteiger partial charge >= 0.3 is 0 Å². The molecule has 0 spiro atoms. The van der Waals surface area contributed by atoms with Gasteiger partial charge in [0, 0.05) is 13.7 Å². The summed E-state index contributed by atoms with van der Waals surface area (Å²) in [6.07, 6.45) is 1.67. The Morgan fingerprint density at radius 2 is 2.22 bits per heavy atom. The maximum Gasteiger partial charge on any atom is 0.258 e. The molecule has 0 aliphatic carbocycles. The number of fused-ring (bicyclic) bond motifs is 1. The van der Waals surface area contributed by atoms with E-state index in [-0.39, 0.29) is 10.8 Å². The first kappa shape index (κ1) is 15.7. The summed E-state index contributed by atoms with van der Waals surface area (Å²) in [5, 5.41) is 9.36. The minimum Gasteiger partial charge on any atom is -0.383 e. The molecule has 2 heterocycles. The molecule has 23 heavy (non-hydrogen) atoms. The minimum absolute atomic E-state index is 0.0576. The van der Waals surface area contributed by atoms with E-state index in [0.717, 1.165) is 5.16 Å². The first-order valence-corrected chi connectivity index (χ1v) is 8.09. The van der Waals surface area contributed by atoms with Crippen LogP contribution in [0.1, 0.15) is 18.0 Å². The number of benzene rings is 1. The van der Waals surface area contributed by atoms with Crippen molar-refractivity contribution in [3.05, 3.63) is 46.8 Å². The lowest BCUT2D eigenvalue weighted by Crippen LogP contribution is -2.13. The van der Waals surface area contributed by atoms with Crippen molar-refractivity contribution in [2.45, 2.75) is 23.9 Å². The molecule has 3 rings (SSSR count). The number of rotatable bonds is 6. The lowest BCUT2D eigenvalue weighted by atomic mass is 10.2. The molecule has 1 atom stereocenters.